The molecule has 7 nitrogen and oxygen atoms in total. The Balaban J connectivity index is 1.70. The average molecular weight is 465 g/mol. The van der Waals surface area contributed by atoms with Gasteiger partial charge in [-0.2, -0.15) is 0 Å². The molecule has 0 fully saturated rings. The lowest BCUT2D eigenvalue weighted by Gasteiger charge is -2.37. The van der Waals surface area contributed by atoms with Crippen LogP contribution in [0.2, 0.25) is 0 Å². The van der Waals surface area contributed by atoms with Gasteiger partial charge in [0.2, 0.25) is 5.91 Å². The summed E-state index contributed by atoms with van der Waals surface area (Å²) in [5, 5.41) is 11.7. The third kappa shape index (κ3) is 5.65. The Morgan fingerprint density at radius 3 is 2.15 bits per heavy atom. The van der Waals surface area contributed by atoms with Crippen LogP contribution in [0.25, 0.3) is 11.1 Å². The lowest BCUT2D eigenvalue weighted by Crippen LogP contribution is -2.55. The summed E-state index contributed by atoms with van der Waals surface area (Å²) >= 11 is 0. The van der Waals surface area contributed by atoms with Gasteiger partial charge in [0.05, 0.1) is 6.42 Å². The van der Waals surface area contributed by atoms with Crippen LogP contribution in [0, 0.1) is 0 Å². The molecule has 3 rings (SSSR count). The van der Waals surface area contributed by atoms with Crippen LogP contribution in [0.3, 0.4) is 0 Å². The summed E-state index contributed by atoms with van der Waals surface area (Å²) in [4.78, 5) is 38.5. The quantitative estimate of drug-likeness (QED) is 0.530. The Labute approximate surface area is 200 Å². The zero-order chi connectivity index (χ0) is 24.9. The standard InChI is InChI=1S/C27H32N2O5/c1-5-10-23(25(32)29(27(2,3)4)16-15-24(30)31)28-26(33)34-17-22-20-13-8-6-11-18(20)19-12-7-9-14-21(19)22/h5-9,11-14,22-23H,1,10,15-17H2,2-4H3,(H,28,33)(H,30,31). The third-order valence-electron chi connectivity index (χ3n) is 5.96. The van der Waals surface area contributed by atoms with Crippen molar-refractivity contribution in [2.45, 2.75) is 51.1 Å². The van der Waals surface area contributed by atoms with E-state index in [1.807, 2.05) is 57.2 Å². The number of carboxylic acid groups (broad SMARTS) is 1. The normalized spacial score (nSPS) is 13.4. The van der Waals surface area contributed by atoms with Crippen LogP contribution in [0.4, 0.5) is 4.79 Å². The van der Waals surface area contributed by atoms with E-state index in [9.17, 15) is 14.4 Å². The minimum atomic E-state index is -0.994. The molecular weight excluding hydrogens is 432 g/mol. The van der Waals surface area contributed by atoms with Gasteiger partial charge in [0.25, 0.3) is 0 Å². The van der Waals surface area contributed by atoms with Crippen molar-refractivity contribution >= 4 is 18.0 Å². The third-order valence-corrected chi connectivity index (χ3v) is 5.96. The Kier molecular flexibility index (Phi) is 7.76. The second-order valence-electron chi connectivity index (χ2n) is 9.35. The summed E-state index contributed by atoms with van der Waals surface area (Å²) in [6, 6.07) is 15.2. The molecule has 0 saturated heterocycles. The van der Waals surface area contributed by atoms with Crippen molar-refractivity contribution in [1.29, 1.82) is 0 Å². The van der Waals surface area contributed by atoms with E-state index in [1.54, 1.807) is 6.08 Å². The Bertz CT molecular complexity index is 1030. The van der Waals surface area contributed by atoms with Crippen LogP contribution in [0.5, 0.6) is 0 Å². The van der Waals surface area contributed by atoms with E-state index < -0.39 is 23.6 Å². The number of carbonyl (C=O) groups is 3. The van der Waals surface area contributed by atoms with Crippen molar-refractivity contribution in [1.82, 2.24) is 10.2 Å². The monoisotopic (exact) mass is 464 g/mol. The molecule has 1 unspecified atom stereocenters. The van der Waals surface area contributed by atoms with Gasteiger partial charge in [0.1, 0.15) is 12.6 Å². The number of carbonyl (C=O) groups excluding carboxylic acids is 2. The van der Waals surface area contributed by atoms with Gasteiger partial charge in [-0.3, -0.25) is 9.59 Å². The van der Waals surface area contributed by atoms with Gasteiger partial charge in [0, 0.05) is 18.0 Å². The number of hydrogen-bond acceptors (Lipinski definition) is 4. The molecule has 0 spiro atoms. The molecule has 2 amide bonds. The predicted octanol–water partition coefficient (Wildman–Crippen LogP) is 4.57. The Hall–Kier alpha value is -3.61. The SMILES string of the molecule is C=CCC(NC(=O)OCC1c2ccccc2-c2ccccc21)C(=O)N(CCC(=O)O)C(C)(C)C. The van der Waals surface area contributed by atoms with Crippen molar-refractivity contribution in [3.63, 3.8) is 0 Å². The van der Waals surface area contributed by atoms with Crippen LogP contribution < -0.4 is 5.32 Å². The van der Waals surface area contributed by atoms with Crippen LogP contribution in [0.15, 0.2) is 61.2 Å². The molecule has 2 aromatic rings. The largest absolute Gasteiger partial charge is 0.481 e. The first-order valence-corrected chi connectivity index (χ1v) is 11.4. The molecule has 0 bridgehead atoms. The van der Waals surface area contributed by atoms with Crippen molar-refractivity contribution in [2.75, 3.05) is 13.2 Å². The first-order valence-electron chi connectivity index (χ1n) is 11.4. The van der Waals surface area contributed by atoms with E-state index in [2.05, 4.69) is 24.0 Å². The fraction of sp³-hybridized carbons (Fsp3) is 0.370. The predicted molar refractivity (Wildman–Crippen MR) is 131 cm³/mol. The number of nitrogens with zero attached hydrogens (tertiary/aromatic N) is 1. The minimum absolute atomic E-state index is 0.0394. The van der Waals surface area contributed by atoms with E-state index in [0.717, 1.165) is 22.3 Å². The molecule has 0 aromatic heterocycles. The topological polar surface area (TPSA) is 95.9 Å². The molecule has 2 N–H and O–H groups in total. The maximum Gasteiger partial charge on any atom is 0.407 e. The lowest BCUT2D eigenvalue weighted by atomic mass is 9.98. The van der Waals surface area contributed by atoms with Gasteiger partial charge in [-0.05, 0) is 49.4 Å². The highest BCUT2D eigenvalue weighted by Gasteiger charge is 2.33. The van der Waals surface area contributed by atoms with E-state index in [0.29, 0.717) is 0 Å². The molecule has 0 saturated carbocycles. The van der Waals surface area contributed by atoms with Crippen LogP contribution in [-0.4, -0.2) is 52.7 Å². The maximum absolute atomic E-state index is 13.2. The summed E-state index contributed by atoms with van der Waals surface area (Å²) in [6.07, 6.45) is 0.857. The number of nitrogens with one attached hydrogen (secondary N) is 1. The molecular formula is C27H32N2O5. The number of aliphatic carboxylic acids is 1. The van der Waals surface area contributed by atoms with Gasteiger partial charge >= 0.3 is 12.1 Å². The molecule has 7 heteroatoms. The summed E-state index contributed by atoms with van der Waals surface area (Å²) in [7, 11) is 0. The zero-order valence-corrected chi connectivity index (χ0v) is 19.9. The van der Waals surface area contributed by atoms with Crippen molar-refractivity contribution in [3.8, 4) is 11.1 Å². The molecule has 34 heavy (non-hydrogen) atoms. The molecule has 0 aliphatic heterocycles. The number of benzene rings is 2. The summed E-state index contributed by atoms with van der Waals surface area (Å²) in [6.45, 7) is 9.34. The highest BCUT2D eigenvalue weighted by atomic mass is 16.5. The first kappa shape index (κ1) is 25.0. The number of alkyl carbamates (subject to hydrolysis) is 1. The van der Waals surface area contributed by atoms with Gasteiger partial charge in [-0.25, -0.2) is 4.79 Å². The molecule has 0 radical (unpaired) electrons. The zero-order valence-electron chi connectivity index (χ0n) is 19.9. The van der Waals surface area contributed by atoms with E-state index in [1.165, 1.54) is 4.90 Å². The number of fused-ring (bicyclic) bond motifs is 3. The Morgan fingerprint density at radius 1 is 1.09 bits per heavy atom. The highest BCUT2D eigenvalue weighted by molar-refractivity contribution is 5.87. The van der Waals surface area contributed by atoms with Gasteiger partial charge in [-0.15, -0.1) is 6.58 Å². The second-order valence-corrected chi connectivity index (χ2v) is 9.35. The van der Waals surface area contributed by atoms with Crippen LogP contribution in [-0.2, 0) is 14.3 Å². The maximum atomic E-state index is 13.2. The molecule has 2 aromatic carbocycles. The lowest BCUT2D eigenvalue weighted by molar-refractivity contribution is -0.141. The van der Waals surface area contributed by atoms with Crippen molar-refractivity contribution < 1.29 is 24.2 Å². The number of carboxylic acids is 1. The second kappa shape index (κ2) is 10.5. The summed E-state index contributed by atoms with van der Waals surface area (Å²) < 4.78 is 5.58. The number of hydrogen-bond donors (Lipinski definition) is 2. The Morgan fingerprint density at radius 2 is 1.65 bits per heavy atom. The summed E-state index contributed by atoms with van der Waals surface area (Å²) in [5.41, 5.74) is 3.84. The molecule has 180 valence electrons. The molecule has 1 aliphatic rings. The number of rotatable bonds is 9. The number of amides is 2. The minimum Gasteiger partial charge on any atom is -0.481 e. The first-order chi connectivity index (χ1) is 16.1. The van der Waals surface area contributed by atoms with E-state index >= 15 is 0 Å². The average Bonchev–Trinajstić information content (AvgIpc) is 3.10. The van der Waals surface area contributed by atoms with Crippen molar-refractivity contribution in [2.24, 2.45) is 0 Å². The van der Waals surface area contributed by atoms with Crippen LogP contribution >= 0.6 is 0 Å². The molecule has 1 atom stereocenters. The van der Waals surface area contributed by atoms with Crippen LogP contribution in [0.1, 0.15) is 50.7 Å². The van der Waals surface area contributed by atoms with E-state index in [-0.39, 0.29) is 37.8 Å². The molecule has 0 heterocycles. The fourth-order valence-corrected chi connectivity index (χ4v) is 4.34. The summed E-state index contributed by atoms with van der Waals surface area (Å²) in [5.74, 6) is -1.46. The number of ether oxygens (including phenoxy) is 1. The molecule has 1 aliphatic carbocycles. The van der Waals surface area contributed by atoms with Crippen molar-refractivity contribution in [3.05, 3.63) is 72.3 Å². The van der Waals surface area contributed by atoms with Gasteiger partial charge < -0.3 is 20.1 Å². The van der Waals surface area contributed by atoms with E-state index in [4.69, 9.17) is 9.84 Å². The van der Waals surface area contributed by atoms with Gasteiger partial charge in [0.15, 0.2) is 0 Å². The highest BCUT2D eigenvalue weighted by Crippen LogP contribution is 2.44. The smallest absolute Gasteiger partial charge is 0.407 e. The van der Waals surface area contributed by atoms with Gasteiger partial charge in [-0.1, -0.05) is 54.6 Å². The fourth-order valence-electron chi connectivity index (χ4n) is 4.34.